The first-order valence-electron chi connectivity index (χ1n) is 8.75. The molecule has 2 rings (SSSR count). The van der Waals surface area contributed by atoms with Crippen molar-refractivity contribution >= 4 is 17.8 Å². The van der Waals surface area contributed by atoms with Crippen molar-refractivity contribution in [3.05, 3.63) is 0 Å². The van der Waals surface area contributed by atoms with Gasteiger partial charge in [0.15, 0.2) is 5.96 Å². The number of carbonyl (C=O) groups excluding carboxylic acids is 2. The van der Waals surface area contributed by atoms with Gasteiger partial charge in [0.1, 0.15) is 12.1 Å². The normalized spacial score (nSPS) is 24.9. The van der Waals surface area contributed by atoms with Gasteiger partial charge in [-0.05, 0) is 40.5 Å². The Morgan fingerprint density at radius 1 is 1.46 bits per heavy atom. The zero-order valence-corrected chi connectivity index (χ0v) is 15.3. The van der Waals surface area contributed by atoms with Crippen LogP contribution >= 0.6 is 0 Å². The van der Waals surface area contributed by atoms with Gasteiger partial charge in [0.2, 0.25) is 5.91 Å². The van der Waals surface area contributed by atoms with Gasteiger partial charge in [0.05, 0.1) is 0 Å². The summed E-state index contributed by atoms with van der Waals surface area (Å²) in [5.74, 6) is 0.525. The van der Waals surface area contributed by atoms with Gasteiger partial charge in [-0.25, -0.2) is 4.99 Å². The van der Waals surface area contributed by atoms with Crippen LogP contribution in [0.1, 0.15) is 47.0 Å². The second-order valence-corrected chi connectivity index (χ2v) is 7.74. The number of hydrogen-bond donors (Lipinski definition) is 2. The van der Waals surface area contributed by atoms with Crippen molar-refractivity contribution in [1.29, 1.82) is 0 Å². The van der Waals surface area contributed by atoms with Gasteiger partial charge in [-0.3, -0.25) is 9.59 Å². The van der Waals surface area contributed by atoms with Crippen LogP contribution in [0, 0.1) is 5.41 Å². The summed E-state index contributed by atoms with van der Waals surface area (Å²) in [5.41, 5.74) is -0.506. The van der Waals surface area contributed by atoms with Crippen molar-refractivity contribution in [3.63, 3.8) is 0 Å². The number of nitrogens with zero attached hydrogens (tertiary/aromatic N) is 2. The van der Waals surface area contributed by atoms with E-state index in [1.807, 2.05) is 27.7 Å². The molecule has 1 atom stereocenters. The van der Waals surface area contributed by atoms with Crippen molar-refractivity contribution in [3.8, 4) is 0 Å². The zero-order valence-electron chi connectivity index (χ0n) is 15.3. The fourth-order valence-corrected chi connectivity index (χ4v) is 3.37. The Morgan fingerprint density at radius 2 is 2.21 bits per heavy atom. The number of nitrogens with one attached hydrogen (secondary N) is 2. The number of aliphatic imine (C=N–C) groups is 1. The molecule has 2 saturated heterocycles. The molecule has 1 spiro atoms. The quantitative estimate of drug-likeness (QED) is 0.454. The first-order valence-corrected chi connectivity index (χ1v) is 8.75. The summed E-state index contributed by atoms with van der Waals surface area (Å²) in [7, 11) is 0. The minimum atomic E-state index is -0.504. The second kappa shape index (κ2) is 7.40. The van der Waals surface area contributed by atoms with Gasteiger partial charge in [-0.2, -0.15) is 0 Å². The Balaban J connectivity index is 2.02. The molecule has 1 amide bonds. The van der Waals surface area contributed by atoms with Crippen LogP contribution in [0.4, 0.5) is 0 Å². The highest BCUT2D eigenvalue weighted by Gasteiger charge is 2.42. The van der Waals surface area contributed by atoms with Crippen molar-refractivity contribution < 1.29 is 14.3 Å². The maximum Gasteiger partial charge on any atom is 0.328 e. The molecule has 0 aromatic carbocycles. The van der Waals surface area contributed by atoms with Crippen LogP contribution in [0.5, 0.6) is 0 Å². The number of hydrogen-bond acceptors (Lipinski definition) is 4. The lowest BCUT2D eigenvalue weighted by molar-refractivity contribution is -0.152. The van der Waals surface area contributed by atoms with Crippen LogP contribution in [0.2, 0.25) is 0 Å². The molecular formula is C17H30N4O3. The summed E-state index contributed by atoms with van der Waals surface area (Å²) in [6.07, 6.45) is 2.65. The molecule has 2 fully saturated rings. The van der Waals surface area contributed by atoms with Crippen molar-refractivity contribution in [1.82, 2.24) is 15.5 Å². The fraction of sp³-hybridized carbons (Fsp3) is 0.824. The number of likely N-dealkylation sites (tertiary alicyclic amines) is 1. The van der Waals surface area contributed by atoms with Gasteiger partial charge >= 0.3 is 5.97 Å². The molecule has 0 aromatic rings. The molecule has 2 aliphatic rings. The smallest absolute Gasteiger partial charge is 0.328 e. The van der Waals surface area contributed by atoms with Gasteiger partial charge in [-0.15, -0.1) is 0 Å². The third-order valence-corrected chi connectivity index (χ3v) is 4.27. The average Bonchev–Trinajstić information content (AvgIpc) is 2.82. The van der Waals surface area contributed by atoms with Crippen LogP contribution in [0.15, 0.2) is 4.99 Å². The van der Waals surface area contributed by atoms with Crippen molar-refractivity contribution in [2.45, 2.75) is 52.6 Å². The topological polar surface area (TPSA) is 83.0 Å². The summed E-state index contributed by atoms with van der Waals surface area (Å²) in [5, 5.41) is 6.20. The predicted molar refractivity (Wildman–Crippen MR) is 92.7 cm³/mol. The van der Waals surface area contributed by atoms with E-state index in [1.165, 1.54) is 0 Å². The summed E-state index contributed by atoms with van der Waals surface area (Å²) in [4.78, 5) is 30.2. The molecule has 2 aliphatic heterocycles. The van der Waals surface area contributed by atoms with Crippen LogP contribution in [-0.4, -0.2) is 61.1 Å². The van der Waals surface area contributed by atoms with E-state index in [0.29, 0.717) is 6.42 Å². The molecule has 0 radical (unpaired) electrons. The predicted octanol–water partition coefficient (Wildman–Crippen LogP) is 0.896. The molecule has 1 unspecified atom stereocenters. The average molecular weight is 338 g/mol. The van der Waals surface area contributed by atoms with E-state index in [2.05, 4.69) is 20.5 Å². The Morgan fingerprint density at radius 3 is 2.79 bits per heavy atom. The molecule has 0 bridgehead atoms. The fourth-order valence-electron chi connectivity index (χ4n) is 3.37. The summed E-state index contributed by atoms with van der Waals surface area (Å²) in [6.45, 7) is 10.7. The van der Waals surface area contributed by atoms with Crippen LogP contribution in [0.3, 0.4) is 0 Å². The minimum Gasteiger partial charge on any atom is -0.459 e. The van der Waals surface area contributed by atoms with E-state index in [1.54, 1.807) is 0 Å². The summed E-state index contributed by atoms with van der Waals surface area (Å²) < 4.78 is 5.31. The van der Waals surface area contributed by atoms with Gasteiger partial charge < -0.3 is 20.3 Å². The highest BCUT2D eigenvalue weighted by molar-refractivity contribution is 5.84. The third-order valence-electron chi connectivity index (χ3n) is 4.27. The highest BCUT2D eigenvalue weighted by Crippen LogP contribution is 2.35. The molecule has 0 aromatic heterocycles. The van der Waals surface area contributed by atoms with E-state index >= 15 is 0 Å². The van der Waals surface area contributed by atoms with Crippen LogP contribution in [-0.2, 0) is 14.3 Å². The van der Waals surface area contributed by atoms with Gasteiger partial charge in [0, 0.05) is 38.0 Å². The largest absolute Gasteiger partial charge is 0.459 e. The number of piperidine rings is 1. The van der Waals surface area contributed by atoms with Crippen LogP contribution in [0.25, 0.3) is 0 Å². The summed E-state index contributed by atoms with van der Waals surface area (Å²) in [6, 6.07) is 0. The van der Waals surface area contributed by atoms with E-state index in [9.17, 15) is 9.59 Å². The molecule has 2 N–H and O–H groups in total. The van der Waals surface area contributed by atoms with E-state index in [0.717, 1.165) is 45.0 Å². The number of ether oxygens (including phenoxy) is 1. The maximum atomic E-state index is 11.9. The molecule has 2 heterocycles. The molecule has 7 heteroatoms. The number of guanidine groups is 1. The Labute approximate surface area is 144 Å². The van der Waals surface area contributed by atoms with E-state index in [4.69, 9.17) is 4.74 Å². The van der Waals surface area contributed by atoms with E-state index in [-0.39, 0.29) is 23.8 Å². The molecular weight excluding hydrogens is 308 g/mol. The first kappa shape index (κ1) is 18.5. The van der Waals surface area contributed by atoms with Crippen molar-refractivity contribution in [2.24, 2.45) is 10.4 Å². The molecule has 0 saturated carbocycles. The molecule has 7 nitrogen and oxygen atoms in total. The second-order valence-electron chi connectivity index (χ2n) is 7.74. The SMILES string of the molecule is CCNC(=NCC(=O)OC(C)(C)C)N1CCCC2(CNC(=O)C2)C1. The highest BCUT2D eigenvalue weighted by atomic mass is 16.6. The maximum absolute atomic E-state index is 11.9. The van der Waals surface area contributed by atoms with Crippen molar-refractivity contribution in [2.75, 3.05) is 32.7 Å². The number of carbonyl (C=O) groups is 2. The van der Waals surface area contributed by atoms with Gasteiger partial charge in [0.25, 0.3) is 0 Å². The lowest BCUT2D eigenvalue weighted by Gasteiger charge is -2.40. The van der Waals surface area contributed by atoms with Gasteiger partial charge in [-0.1, -0.05) is 0 Å². The standard InChI is InChI=1S/C17H30N4O3/c1-5-18-15(19-10-14(23)24-16(2,3)4)21-8-6-7-17(12-21)9-13(22)20-11-17/h5-12H2,1-4H3,(H,18,19)(H,20,22). The number of esters is 1. The third kappa shape index (κ3) is 5.11. The zero-order chi connectivity index (χ0) is 17.8. The minimum absolute atomic E-state index is 0.000282. The number of amides is 1. The Hall–Kier alpha value is -1.79. The Kier molecular flexibility index (Phi) is 5.72. The summed E-state index contributed by atoms with van der Waals surface area (Å²) >= 11 is 0. The molecule has 24 heavy (non-hydrogen) atoms. The lowest BCUT2D eigenvalue weighted by atomic mass is 9.79. The van der Waals surface area contributed by atoms with Crippen LogP contribution < -0.4 is 10.6 Å². The molecule has 0 aliphatic carbocycles. The lowest BCUT2D eigenvalue weighted by Crippen LogP contribution is -2.51. The monoisotopic (exact) mass is 338 g/mol. The van der Waals surface area contributed by atoms with E-state index < -0.39 is 5.60 Å². The Bertz CT molecular complexity index is 512. The number of rotatable bonds is 3. The first-order chi connectivity index (χ1) is 11.2. The molecule has 136 valence electrons.